The number of anilines is 1. The number of halogens is 1. The molecule has 0 amide bonds. The first kappa shape index (κ1) is 17.5. The molecule has 1 aromatic carbocycles. The van der Waals surface area contributed by atoms with Gasteiger partial charge in [0.1, 0.15) is 5.02 Å². The first-order valence-electron chi connectivity index (χ1n) is 8.77. The Hall–Kier alpha value is -2.88. The quantitative estimate of drug-likeness (QED) is 0.757. The van der Waals surface area contributed by atoms with Crippen molar-refractivity contribution in [2.75, 3.05) is 31.1 Å². The van der Waals surface area contributed by atoms with E-state index in [-0.39, 0.29) is 10.6 Å². The van der Waals surface area contributed by atoms with E-state index in [9.17, 15) is 4.79 Å². The summed E-state index contributed by atoms with van der Waals surface area (Å²) >= 11 is 5.85. The molecule has 1 N–H and O–H groups in total. The van der Waals surface area contributed by atoms with Gasteiger partial charge in [-0.3, -0.25) is 14.7 Å². The molecule has 3 aromatic rings. The van der Waals surface area contributed by atoms with Gasteiger partial charge < -0.3 is 9.88 Å². The van der Waals surface area contributed by atoms with Crippen molar-refractivity contribution in [3.8, 4) is 6.07 Å². The number of rotatable bonds is 3. The van der Waals surface area contributed by atoms with E-state index in [2.05, 4.69) is 25.8 Å². The van der Waals surface area contributed by atoms with Crippen LogP contribution in [0, 0.1) is 11.3 Å². The van der Waals surface area contributed by atoms with Crippen molar-refractivity contribution >= 4 is 28.3 Å². The average Bonchev–Trinajstić information content (AvgIpc) is 2.70. The predicted molar refractivity (Wildman–Crippen MR) is 106 cm³/mol. The molecule has 27 heavy (non-hydrogen) atoms. The van der Waals surface area contributed by atoms with Gasteiger partial charge in [-0.1, -0.05) is 11.6 Å². The number of aromatic amines is 1. The second-order valence-corrected chi connectivity index (χ2v) is 7.05. The maximum absolute atomic E-state index is 11.7. The number of benzene rings is 1. The highest BCUT2D eigenvalue weighted by molar-refractivity contribution is 6.30. The van der Waals surface area contributed by atoms with E-state index < -0.39 is 0 Å². The van der Waals surface area contributed by atoms with Crippen molar-refractivity contribution in [1.82, 2.24) is 14.9 Å². The Balaban J connectivity index is 1.41. The van der Waals surface area contributed by atoms with Gasteiger partial charge in [0.05, 0.1) is 22.7 Å². The number of nitrogens with zero attached hydrogens (tertiary/aromatic N) is 4. The molecule has 0 radical (unpaired) electrons. The maximum Gasteiger partial charge on any atom is 0.267 e. The minimum absolute atomic E-state index is 0.154. The van der Waals surface area contributed by atoms with Gasteiger partial charge in [-0.05, 0) is 42.0 Å². The van der Waals surface area contributed by atoms with Crippen molar-refractivity contribution < 1.29 is 0 Å². The lowest BCUT2D eigenvalue weighted by atomic mass is 10.1. The SMILES string of the molecule is N#Cc1ccc(N2CCN(Cc3cnc4cc(Cl)c(=O)[nH]c4c3)CC2)cc1. The first-order chi connectivity index (χ1) is 13.1. The lowest BCUT2D eigenvalue weighted by Crippen LogP contribution is -2.45. The molecule has 6 nitrogen and oxygen atoms in total. The summed E-state index contributed by atoms with van der Waals surface area (Å²) < 4.78 is 0. The molecule has 0 saturated carbocycles. The Morgan fingerprint density at radius 3 is 2.59 bits per heavy atom. The number of hydrogen-bond acceptors (Lipinski definition) is 5. The number of hydrogen-bond donors (Lipinski definition) is 1. The zero-order chi connectivity index (χ0) is 18.8. The molecule has 2 aromatic heterocycles. The molecule has 0 spiro atoms. The topological polar surface area (TPSA) is 76.0 Å². The largest absolute Gasteiger partial charge is 0.369 e. The summed E-state index contributed by atoms with van der Waals surface area (Å²) in [5.41, 5.74) is 3.99. The summed E-state index contributed by atoms with van der Waals surface area (Å²) in [7, 11) is 0. The van der Waals surface area contributed by atoms with Gasteiger partial charge in [0.2, 0.25) is 0 Å². The molecule has 1 fully saturated rings. The molecule has 4 rings (SSSR count). The van der Waals surface area contributed by atoms with Crippen LogP contribution < -0.4 is 10.5 Å². The summed E-state index contributed by atoms with van der Waals surface area (Å²) in [6, 6.07) is 13.4. The zero-order valence-electron chi connectivity index (χ0n) is 14.7. The average molecular weight is 380 g/mol. The molecule has 1 saturated heterocycles. The van der Waals surface area contributed by atoms with Crippen molar-refractivity contribution in [3.63, 3.8) is 0 Å². The number of aromatic nitrogens is 2. The monoisotopic (exact) mass is 379 g/mol. The van der Waals surface area contributed by atoms with Crippen LogP contribution in [-0.2, 0) is 6.54 Å². The van der Waals surface area contributed by atoms with Crippen LogP contribution in [0.1, 0.15) is 11.1 Å². The van der Waals surface area contributed by atoms with Crippen LogP contribution in [0.3, 0.4) is 0 Å². The van der Waals surface area contributed by atoms with Crippen molar-refractivity contribution in [2.45, 2.75) is 6.54 Å². The number of piperazine rings is 1. The Kier molecular flexibility index (Phi) is 4.80. The third-order valence-electron chi connectivity index (χ3n) is 4.84. The second kappa shape index (κ2) is 7.39. The van der Waals surface area contributed by atoms with Gasteiger partial charge in [-0.15, -0.1) is 0 Å². The predicted octanol–water partition coefficient (Wildman–Crippen LogP) is 2.77. The first-order valence-corrected chi connectivity index (χ1v) is 9.15. The van der Waals surface area contributed by atoms with Gasteiger partial charge >= 0.3 is 0 Å². The molecule has 0 atom stereocenters. The highest BCUT2D eigenvalue weighted by Gasteiger charge is 2.17. The van der Waals surface area contributed by atoms with E-state index in [1.807, 2.05) is 36.5 Å². The lowest BCUT2D eigenvalue weighted by Gasteiger charge is -2.36. The van der Waals surface area contributed by atoms with Crippen molar-refractivity contribution in [2.24, 2.45) is 0 Å². The smallest absolute Gasteiger partial charge is 0.267 e. The van der Waals surface area contributed by atoms with Gasteiger partial charge in [0, 0.05) is 44.6 Å². The molecular weight excluding hydrogens is 362 g/mol. The molecule has 1 aliphatic heterocycles. The third-order valence-corrected chi connectivity index (χ3v) is 5.12. The summed E-state index contributed by atoms with van der Waals surface area (Å²) in [6.45, 7) is 4.53. The molecule has 0 aliphatic carbocycles. The highest BCUT2D eigenvalue weighted by Crippen LogP contribution is 2.19. The van der Waals surface area contributed by atoms with Crippen molar-refractivity contribution in [3.05, 3.63) is 69.1 Å². The Morgan fingerprint density at radius 1 is 1.15 bits per heavy atom. The van der Waals surface area contributed by atoms with Crippen LogP contribution in [0.5, 0.6) is 0 Å². The van der Waals surface area contributed by atoms with Gasteiger partial charge in [-0.2, -0.15) is 5.26 Å². The minimum Gasteiger partial charge on any atom is -0.369 e. The highest BCUT2D eigenvalue weighted by atomic mass is 35.5. The van der Waals surface area contributed by atoms with E-state index in [4.69, 9.17) is 16.9 Å². The van der Waals surface area contributed by atoms with Crippen LogP contribution in [0.4, 0.5) is 5.69 Å². The van der Waals surface area contributed by atoms with Gasteiger partial charge in [0.15, 0.2) is 0 Å². The van der Waals surface area contributed by atoms with Crippen LogP contribution in [0.25, 0.3) is 11.0 Å². The number of H-pyrrole nitrogens is 1. The molecular formula is C20H18ClN5O. The molecule has 0 bridgehead atoms. The molecule has 0 unspecified atom stereocenters. The second-order valence-electron chi connectivity index (χ2n) is 6.64. The van der Waals surface area contributed by atoms with E-state index >= 15 is 0 Å². The van der Waals surface area contributed by atoms with Crippen LogP contribution in [0.15, 0.2) is 47.4 Å². The summed E-state index contributed by atoms with van der Waals surface area (Å²) in [6.07, 6.45) is 1.84. The maximum atomic E-state index is 11.7. The van der Waals surface area contributed by atoms with E-state index in [0.717, 1.165) is 44.0 Å². The Bertz CT molecular complexity index is 1060. The fourth-order valence-corrected chi connectivity index (χ4v) is 3.51. The summed E-state index contributed by atoms with van der Waals surface area (Å²) in [4.78, 5) is 23.6. The number of nitrogens with one attached hydrogen (secondary N) is 1. The number of pyridine rings is 2. The molecule has 136 valence electrons. The molecule has 1 aliphatic rings. The van der Waals surface area contributed by atoms with Crippen molar-refractivity contribution in [1.29, 1.82) is 5.26 Å². The minimum atomic E-state index is -0.292. The van der Waals surface area contributed by atoms with Gasteiger partial charge in [-0.25, -0.2) is 0 Å². The Labute approximate surface area is 161 Å². The van der Waals surface area contributed by atoms with Gasteiger partial charge in [0.25, 0.3) is 5.56 Å². The van der Waals surface area contributed by atoms with Crippen LogP contribution in [0.2, 0.25) is 5.02 Å². The van der Waals surface area contributed by atoms with Crippen LogP contribution >= 0.6 is 11.6 Å². The number of fused-ring (bicyclic) bond motifs is 1. The molecule has 3 heterocycles. The fourth-order valence-electron chi connectivity index (χ4n) is 3.36. The lowest BCUT2D eigenvalue weighted by molar-refractivity contribution is 0.249. The normalized spacial score (nSPS) is 15.0. The van der Waals surface area contributed by atoms with E-state index in [1.165, 1.54) is 0 Å². The third kappa shape index (κ3) is 3.80. The molecule has 7 heteroatoms. The van der Waals surface area contributed by atoms with E-state index in [1.54, 1.807) is 6.07 Å². The number of nitriles is 1. The summed E-state index contributed by atoms with van der Waals surface area (Å²) in [5, 5.41) is 9.06. The van der Waals surface area contributed by atoms with E-state index in [0.29, 0.717) is 16.6 Å². The summed E-state index contributed by atoms with van der Waals surface area (Å²) in [5.74, 6) is 0. The Morgan fingerprint density at radius 2 is 1.89 bits per heavy atom. The van der Waals surface area contributed by atoms with Crippen LogP contribution in [-0.4, -0.2) is 41.0 Å². The fraction of sp³-hybridized carbons (Fsp3) is 0.250. The zero-order valence-corrected chi connectivity index (χ0v) is 15.4. The standard InChI is InChI=1S/C20H18ClN5O/c21-17-10-18-19(24-20(17)27)9-15(12-23-18)13-25-5-7-26(8-6-25)16-3-1-14(11-22)2-4-16/h1-4,9-10,12H,5-8,13H2,(H,24,27).